The molecule has 1 fully saturated rings. The van der Waals surface area contributed by atoms with Crippen LogP contribution in [-0.2, 0) is 20.9 Å². The fraction of sp³-hybridized carbons (Fsp3) is 0.296. The number of carbonyl (C=O) groups excluding carboxylic acids is 1. The van der Waals surface area contributed by atoms with Gasteiger partial charge in [0.2, 0.25) is 10.0 Å². The Bertz CT molecular complexity index is 1320. The first-order chi connectivity index (χ1) is 17.0. The highest BCUT2D eigenvalue weighted by Gasteiger charge is 2.39. The molecule has 0 radical (unpaired) electrons. The number of hydrogen-bond acceptors (Lipinski definition) is 4. The van der Waals surface area contributed by atoms with Crippen molar-refractivity contribution in [2.45, 2.75) is 42.8 Å². The van der Waals surface area contributed by atoms with Crippen LogP contribution >= 0.6 is 0 Å². The Labute approximate surface area is 208 Å². The van der Waals surface area contributed by atoms with E-state index in [4.69, 9.17) is 4.74 Å². The molecule has 4 rings (SSSR count). The first-order valence-corrected chi connectivity index (χ1v) is 12.9. The standard InChI is InChI=1S/C27H26F3NO4S/c1-18-3-13-24(14-4-18)36(33,34)31-16-15-22(19-5-7-21(8-6-19)26(32)35-2)17-25(31)20-9-11-23(12-10-20)27(28,29)30/h3-14,22,25H,15-17H2,1-2H3/t22-,25-/m1/s1. The van der Waals surface area contributed by atoms with Gasteiger partial charge in [-0.15, -0.1) is 0 Å². The van der Waals surface area contributed by atoms with Gasteiger partial charge in [0, 0.05) is 6.54 Å². The highest BCUT2D eigenvalue weighted by molar-refractivity contribution is 7.89. The van der Waals surface area contributed by atoms with Crippen LogP contribution in [0.25, 0.3) is 0 Å². The molecular weight excluding hydrogens is 491 g/mol. The fourth-order valence-electron chi connectivity index (χ4n) is 4.59. The van der Waals surface area contributed by atoms with E-state index in [1.807, 2.05) is 19.1 Å². The Morgan fingerprint density at radius 3 is 2.06 bits per heavy atom. The number of carbonyl (C=O) groups is 1. The maximum Gasteiger partial charge on any atom is 0.416 e. The zero-order valence-electron chi connectivity index (χ0n) is 19.8. The molecule has 3 aromatic rings. The maximum absolute atomic E-state index is 13.6. The van der Waals surface area contributed by atoms with E-state index in [1.54, 1.807) is 36.4 Å². The van der Waals surface area contributed by atoms with Gasteiger partial charge in [-0.25, -0.2) is 13.2 Å². The molecule has 190 valence electrons. The summed E-state index contributed by atoms with van der Waals surface area (Å²) in [6.07, 6.45) is -3.57. The van der Waals surface area contributed by atoms with E-state index < -0.39 is 33.8 Å². The van der Waals surface area contributed by atoms with E-state index in [9.17, 15) is 26.4 Å². The monoisotopic (exact) mass is 517 g/mol. The normalized spacial score (nSPS) is 19.1. The number of aryl methyl sites for hydroxylation is 1. The first-order valence-electron chi connectivity index (χ1n) is 11.4. The number of rotatable bonds is 5. The average molecular weight is 518 g/mol. The Kier molecular flexibility index (Phi) is 7.24. The molecule has 1 heterocycles. The molecule has 0 aliphatic carbocycles. The van der Waals surface area contributed by atoms with Crippen LogP contribution in [-0.4, -0.2) is 32.3 Å². The fourth-order valence-corrected chi connectivity index (χ4v) is 6.23. The zero-order valence-corrected chi connectivity index (χ0v) is 20.6. The number of piperidine rings is 1. The van der Waals surface area contributed by atoms with E-state index >= 15 is 0 Å². The molecule has 5 nitrogen and oxygen atoms in total. The van der Waals surface area contributed by atoms with E-state index in [0.717, 1.165) is 23.3 Å². The number of sulfonamides is 1. The third kappa shape index (κ3) is 5.32. The van der Waals surface area contributed by atoms with Crippen molar-refractivity contribution in [2.75, 3.05) is 13.7 Å². The Hall–Kier alpha value is -3.17. The summed E-state index contributed by atoms with van der Waals surface area (Å²) in [6, 6.07) is 17.5. The average Bonchev–Trinajstić information content (AvgIpc) is 2.88. The van der Waals surface area contributed by atoms with Crippen molar-refractivity contribution in [1.82, 2.24) is 4.31 Å². The van der Waals surface area contributed by atoms with Gasteiger partial charge >= 0.3 is 12.1 Å². The number of nitrogens with zero attached hydrogens (tertiary/aromatic N) is 1. The number of esters is 1. The third-order valence-corrected chi connectivity index (χ3v) is 8.53. The second-order valence-corrected chi connectivity index (χ2v) is 10.8. The lowest BCUT2D eigenvalue weighted by molar-refractivity contribution is -0.137. The first kappa shape index (κ1) is 25.9. The number of hydrogen-bond donors (Lipinski definition) is 0. The summed E-state index contributed by atoms with van der Waals surface area (Å²) >= 11 is 0. The predicted molar refractivity (Wildman–Crippen MR) is 129 cm³/mol. The molecule has 0 amide bonds. The SMILES string of the molecule is COC(=O)c1ccc([C@@H]2CCN(S(=O)(=O)c3ccc(C)cc3)[C@@H](c3ccc(C(F)(F)F)cc3)C2)cc1. The van der Waals surface area contributed by atoms with E-state index in [2.05, 4.69) is 0 Å². The number of halogens is 3. The van der Waals surface area contributed by atoms with Gasteiger partial charge in [-0.1, -0.05) is 42.0 Å². The topological polar surface area (TPSA) is 63.7 Å². The number of benzene rings is 3. The minimum Gasteiger partial charge on any atom is -0.465 e. The van der Waals surface area contributed by atoms with Crippen LogP contribution < -0.4 is 0 Å². The van der Waals surface area contributed by atoms with Gasteiger partial charge in [-0.3, -0.25) is 0 Å². The van der Waals surface area contributed by atoms with Gasteiger partial charge in [-0.05, 0) is 73.2 Å². The number of alkyl halides is 3. The predicted octanol–water partition coefficient (Wildman–Crippen LogP) is 6.11. The molecule has 0 spiro atoms. The Morgan fingerprint density at radius 2 is 1.50 bits per heavy atom. The van der Waals surface area contributed by atoms with Crippen LogP contribution in [0.3, 0.4) is 0 Å². The van der Waals surface area contributed by atoms with Gasteiger partial charge in [-0.2, -0.15) is 17.5 Å². The molecular formula is C27H26F3NO4S. The molecule has 0 aromatic heterocycles. The molecule has 9 heteroatoms. The van der Waals surface area contributed by atoms with Crippen LogP contribution in [0.4, 0.5) is 13.2 Å². The molecule has 3 aromatic carbocycles. The molecule has 1 aliphatic rings. The van der Waals surface area contributed by atoms with Gasteiger partial charge in [0.25, 0.3) is 0 Å². The second kappa shape index (κ2) is 10.1. The lowest BCUT2D eigenvalue weighted by Gasteiger charge is -2.39. The zero-order chi connectivity index (χ0) is 26.1. The van der Waals surface area contributed by atoms with Crippen molar-refractivity contribution >= 4 is 16.0 Å². The van der Waals surface area contributed by atoms with Crippen molar-refractivity contribution in [3.8, 4) is 0 Å². The van der Waals surface area contributed by atoms with Crippen LogP contribution in [0.2, 0.25) is 0 Å². The summed E-state index contributed by atoms with van der Waals surface area (Å²) in [7, 11) is -2.59. The molecule has 0 saturated carbocycles. The largest absolute Gasteiger partial charge is 0.465 e. The van der Waals surface area contributed by atoms with E-state index in [-0.39, 0.29) is 17.4 Å². The highest BCUT2D eigenvalue weighted by Crippen LogP contribution is 2.43. The van der Waals surface area contributed by atoms with Crippen LogP contribution in [0.15, 0.2) is 77.7 Å². The van der Waals surface area contributed by atoms with Gasteiger partial charge < -0.3 is 4.74 Å². The number of methoxy groups -OCH3 is 1. The van der Waals surface area contributed by atoms with Gasteiger partial charge in [0.05, 0.1) is 29.2 Å². The smallest absolute Gasteiger partial charge is 0.416 e. The quantitative estimate of drug-likeness (QED) is 0.383. The van der Waals surface area contributed by atoms with Crippen molar-refractivity contribution in [1.29, 1.82) is 0 Å². The van der Waals surface area contributed by atoms with E-state index in [0.29, 0.717) is 24.0 Å². The molecule has 0 bridgehead atoms. The lowest BCUT2D eigenvalue weighted by atomic mass is 9.83. The summed E-state index contributed by atoms with van der Waals surface area (Å²) in [6.45, 7) is 2.06. The van der Waals surface area contributed by atoms with Crippen LogP contribution in [0, 0.1) is 6.92 Å². The second-order valence-electron chi connectivity index (χ2n) is 8.90. The Morgan fingerprint density at radius 1 is 0.917 bits per heavy atom. The number of ether oxygens (including phenoxy) is 1. The van der Waals surface area contributed by atoms with Crippen molar-refractivity contribution in [3.05, 3.63) is 101 Å². The van der Waals surface area contributed by atoms with Crippen molar-refractivity contribution in [3.63, 3.8) is 0 Å². The Balaban J connectivity index is 1.69. The maximum atomic E-state index is 13.6. The minimum absolute atomic E-state index is 0.0477. The summed E-state index contributed by atoms with van der Waals surface area (Å²) < 4.78 is 72.7. The summed E-state index contributed by atoms with van der Waals surface area (Å²) in [5.41, 5.74) is 1.95. The molecule has 0 N–H and O–H groups in total. The molecule has 36 heavy (non-hydrogen) atoms. The van der Waals surface area contributed by atoms with Gasteiger partial charge in [0.15, 0.2) is 0 Å². The lowest BCUT2D eigenvalue weighted by Crippen LogP contribution is -2.40. The molecule has 2 atom stereocenters. The van der Waals surface area contributed by atoms with Gasteiger partial charge in [0.1, 0.15) is 0 Å². The molecule has 0 unspecified atom stereocenters. The highest BCUT2D eigenvalue weighted by atomic mass is 32.2. The summed E-state index contributed by atoms with van der Waals surface area (Å²) in [5, 5.41) is 0. The molecule has 1 aliphatic heterocycles. The van der Waals surface area contributed by atoms with Crippen molar-refractivity contribution in [2.24, 2.45) is 0 Å². The third-order valence-electron chi connectivity index (χ3n) is 6.61. The summed E-state index contributed by atoms with van der Waals surface area (Å²) in [5.74, 6) is -0.503. The minimum atomic E-state index is -4.48. The van der Waals surface area contributed by atoms with Crippen LogP contribution in [0.1, 0.15) is 57.4 Å². The van der Waals surface area contributed by atoms with Crippen molar-refractivity contribution < 1.29 is 31.1 Å². The van der Waals surface area contributed by atoms with E-state index in [1.165, 1.54) is 23.5 Å². The van der Waals surface area contributed by atoms with Crippen LogP contribution in [0.5, 0.6) is 0 Å². The summed E-state index contributed by atoms with van der Waals surface area (Å²) in [4.78, 5) is 11.9. The molecule has 1 saturated heterocycles.